The van der Waals surface area contributed by atoms with Crippen LogP contribution in [0.3, 0.4) is 0 Å². The lowest BCUT2D eigenvalue weighted by molar-refractivity contribution is -0.385. The molecule has 0 unspecified atom stereocenters. The smallest absolute Gasteiger partial charge is 0.258 e. The molecule has 0 amide bonds. The topological polar surface area (TPSA) is 43.1 Å². The van der Waals surface area contributed by atoms with E-state index in [-0.39, 0.29) is 5.69 Å². The first-order chi connectivity index (χ1) is 5.11. The van der Waals surface area contributed by atoms with Gasteiger partial charge in [-0.25, -0.2) is 0 Å². The standard InChI is InChI=1S/C7H5BrNO2/c1-5-2-3-7(9(10)11)6(8)4-5/h2-4H,1H2. The Bertz CT molecular complexity index is 298. The summed E-state index contributed by atoms with van der Waals surface area (Å²) >= 11 is 3.07. The summed E-state index contributed by atoms with van der Waals surface area (Å²) in [5, 5.41) is 10.3. The van der Waals surface area contributed by atoms with E-state index in [2.05, 4.69) is 22.9 Å². The van der Waals surface area contributed by atoms with Gasteiger partial charge in [0.15, 0.2) is 0 Å². The number of nitro benzene ring substituents is 1. The summed E-state index contributed by atoms with van der Waals surface area (Å²) in [6, 6.07) is 4.63. The lowest BCUT2D eigenvalue weighted by atomic mass is 10.2. The van der Waals surface area contributed by atoms with Gasteiger partial charge in [0.1, 0.15) is 0 Å². The van der Waals surface area contributed by atoms with E-state index in [1.165, 1.54) is 6.07 Å². The Morgan fingerprint density at radius 3 is 2.64 bits per heavy atom. The fourth-order valence-corrected chi connectivity index (χ4v) is 1.27. The minimum Gasteiger partial charge on any atom is -0.258 e. The number of benzene rings is 1. The van der Waals surface area contributed by atoms with Gasteiger partial charge in [-0.1, -0.05) is 6.07 Å². The van der Waals surface area contributed by atoms with Crippen molar-refractivity contribution in [3.8, 4) is 0 Å². The maximum Gasteiger partial charge on any atom is 0.283 e. The number of hydrogen-bond donors (Lipinski definition) is 0. The second-order valence-corrected chi connectivity index (χ2v) is 2.90. The van der Waals surface area contributed by atoms with E-state index in [9.17, 15) is 10.1 Å². The van der Waals surface area contributed by atoms with Gasteiger partial charge >= 0.3 is 0 Å². The van der Waals surface area contributed by atoms with E-state index in [1.807, 2.05) is 0 Å². The largest absolute Gasteiger partial charge is 0.283 e. The molecule has 0 aliphatic carbocycles. The van der Waals surface area contributed by atoms with Crippen molar-refractivity contribution in [2.75, 3.05) is 0 Å². The highest BCUT2D eigenvalue weighted by molar-refractivity contribution is 9.10. The van der Waals surface area contributed by atoms with Crippen LogP contribution in [0, 0.1) is 17.0 Å². The zero-order chi connectivity index (χ0) is 8.43. The molecule has 0 spiro atoms. The Kier molecular flexibility index (Phi) is 2.24. The Morgan fingerprint density at radius 1 is 1.55 bits per heavy atom. The summed E-state index contributed by atoms with van der Waals surface area (Å²) in [6.07, 6.45) is 0. The zero-order valence-electron chi connectivity index (χ0n) is 5.58. The first-order valence-electron chi connectivity index (χ1n) is 2.87. The molecule has 0 aliphatic heterocycles. The van der Waals surface area contributed by atoms with Crippen LogP contribution < -0.4 is 0 Å². The molecule has 0 N–H and O–H groups in total. The van der Waals surface area contributed by atoms with Crippen molar-refractivity contribution in [2.24, 2.45) is 0 Å². The fraction of sp³-hybridized carbons (Fsp3) is 0. The molecule has 0 fully saturated rings. The van der Waals surface area contributed by atoms with Crippen LogP contribution in [0.25, 0.3) is 0 Å². The van der Waals surface area contributed by atoms with Gasteiger partial charge in [-0.3, -0.25) is 10.1 Å². The summed E-state index contributed by atoms with van der Waals surface area (Å²) in [4.78, 5) is 9.85. The van der Waals surface area contributed by atoms with Crippen LogP contribution >= 0.6 is 15.9 Å². The molecule has 0 aliphatic rings. The number of nitro groups is 1. The van der Waals surface area contributed by atoms with E-state index in [0.717, 1.165) is 5.56 Å². The zero-order valence-corrected chi connectivity index (χ0v) is 7.17. The van der Waals surface area contributed by atoms with Gasteiger partial charge in [0.05, 0.1) is 9.40 Å². The summed E-state index contributed by atoms with van der Waals surface area (Å²) in [5.41, 5.74) is 0.819. The average molecular weight is 215 g/mol. The molecule has 0 aromatic heterocycles. The molecule has 1 aromatic carbocycles. The Morgan fingerprint density at radius 2 is 2.18 bits per heavy atom. The third-order valence-corrected chi connectivity index (χ3v) is 1.84. The van der Waals surface area contributed by atoms with E-state index in [1.54, 1.807) is 12.1 Å². The van der Waals surface area contributed by atoms with Gasteiger partial charge < -0.3 is 0 Å². The van der Waals surface area contributed by atoms with Crippen molar-refractivity contribution in [1.82, 2.24) is 0 Å². The van der Waals surface area contributed by atoms with E-state index in [4.69, 9.17) is 0 Å². The van der Waals surface area contributed by atoms with Crippen LogP contribution in [-0.4, -0.2) is 4.92 Å². The van der Waals surface area contributed by atoms with Crippen LogP contribution in [0.5, 0.6) is 0 Å². The molecule has 0 saturated carbocycles. The van der Waals surface area contributed by atoms with Crippen LogP contribution in [0.1, 0.15) is 5.56 Å². The number of halogens is 1. The molecule has 0 bridgehead atoms. The Balaban J connectivity index is 3.20. The van der Waals surface area contributed by atoms with Gasteiger partial charge in [0.25, 0.3) is 5.69 Å². The quantitative estimate of drug-likeness (QED) is 0.533. The maximum atomic E-state index is 10.3. The predicted octanol–water partition coefficient (Wildman–Crippen LogP) is 2.54. The van der Waals surface area contributed by atoms with Crippen LogP contribution in [-0.2, 0) is 0 Å². The lowest BCUT2D eigenvalue weighted by Gasteiger charge is -1.95. The molecule has 3 nitrogen and oxygen atoms in total. The first-order valence-corrected chi connectivity index (χ1v) is 3.66. The summed E-state index contributed by atoms with van der Waals surface area (Å²) < 4.78 is 0.468. The molecule has 0 saturated heterocycles. The second-order valence-electron chi connectivity index (χ2n) is 2.04. The van der Waals surface area contributed by atoms with E-state index < -0.39 is 4.92 Å². The molecular formula is C7H5BrNO2. The maximum absolute atomic E-state index is 10.3. The summed E-state index contributed by atoms with van der Waals surface area (Å²) in [7, 11) is 0. The van der Waals surface area contributed by atoms with Gasteiger partial charge in [0.2, 0.25) is 0 Å². The van der Waals surface area contributed by atoms with Crippen LogP contribution in [0.15, 0.2) is 22.7 Å². The van der Waals surface area contributed by atoms with Crippen molar-refractivity contribution < 1.29 is 4.92 Å². The number of hydrogen-bond acceptors (Lipinski definition) is 2. The fourth-order valence-electron chi connectivity index (χ4n) is 0.698. The van der Waals surface area contributed by atoms with Gasteiger partial charge in [-0.05, 0) is 34.5 Å². The van der Waals surface area contributed by atoms with Gasteiger partial charge in [-0.2, -0.15) is 0 Å². The normalized spacial score (nSPS) is 9.64. The monoisotopic (exact) mass is 214 g/mol. The van der Waals surface area contributed by atoms with E-state index >= 15 is 0 Å². The summed E-state index contributed by atoms with van der Waals surface area (Å²) in [6.45, 7) is 3.63. The predicted molar refractivity (Wildman–Crippen MR) is 45.3 cm³/mol. The molecule has 1 radical (unpaired) electrons. The highest BCUT2D eigenvalue weighted by Gasteiger charge is 2.09. The minimum absolute atomic E-state index is 0.0670. The number of rotatable bonds is 1. The molecule has 57 valence electrons. The van der Waals surface area contributed by atoms with Crippen molar-refractivity contribution in [3.05, 3.63) is 45.3 Å². The van der Waals surface area contributed by atoms with Crippen molar-refractivity contribution in [2.45, 2.75) is 0 Å². The molecular weight excluding hydrogens is 210 g/mol. The molecule has 11 heavy (non-hydrogen) atoms. The van der Waals surface area contributed by atoms with Crippen molar-refractivity contribution in [3.63, 3.8) is 0 Å². The lowest BCUT2D eigenvalue weighted by Crippen LogP contribution is -1.88. The molecule has 1 rings (SSSR count). The highest BCUT2D eigenvalue weighted by atomic mass is 79.9. The molecule has 4 heteroatoms. The van der Waals surface area contributed by atoms with Gasteiger partial charge in [0, 0.05) is 6.07 Å². The van der Waals surface area contributed by atoms with Crippen LogP contribution in [0.4, 0.5) is 5.69 Å². The Hall–Kier alpha value is -0.900. The average Bonchev–Trinajstić information content (AvgIpc) is 1.85. The van der Waals surface area contributed by atoms with Crippen LogP contribution in [0.2, 0.25) is 0 Å². The van der Waals surface area contributed by atoms with Crippen molar-refractivity contribution >= 4 is 21.6 Å². The second kappa shape index (κ2) is 3.00. The Labute approximate surface area is 72.3 Å². The van der Waals surface area contributed by atoms with Crippen molar-refractivity contribution in [1.29, 1.82) is 0 Å². The minimum atomic E-state index is -0.441. The number of nitrogens with zero attached hydrogens (tertiary/aromatic N) is 1. The third-order valence-electron chi connectivity index (χ3n) is 1.21. The van der Waals surface area contributed by atoms with Gasteiger partial charge in [-0.15, -0.1) is 0 Å². The third kappa shape index (κ3) is 1.77. The summed E-state index contributed by atoms with van der Waals surface area (Å²) in [5.74, 6) is 0. The van der Waals surface area contributed by atoms with E-state index in [0.29, 0.717) is 4.47 Å². The molecule has 0 heterocycles. The SMILES string of the molecule is [CH2]c1ccc([N+](=O)[O-])c(Br)c1. The first kappa shape index (κ1) is 8.20. The molecule has 0 atom stereocenters. The highest BCUT2D eigenvalue weighted by Crippen LogP contribution is 2.24. The molecule has 1 aromatic rings.